The van der Waals surface area contributed by atoms with E-state index in [1.165, 1.54) is 42.5 Å². The minimum Gasteiger partial charge on any atom is -0.508 e. The molecule has 254 valence electrons. The molecule has 0 amide bonds. The highest BCUT2D eigenvalue weighted by molar-refractivity contribution is 6.03. The molecule has 0 saturated heterocycles. The Labute approximate surface area is 285 Å². The molecule has 0 aliphatic carbocycles. The number of allylic oxidation sites excluding steroid dienone is 4. The second-order valence-electron chi connectivity index (χ2n) is 12.6. The van der Waals surface area contributed by atoms with E-state index in [1.807, 2.05) is 33.8 Å². The van der Waals surface area contributed by atoms with Gasteiger partial charge in [-0.25, -0.2) is 0 Å². The van der Waals surface area contributed by atoms with E-state index < -0.39 is 28.1 Å². The highest BCUT2D eigenvalue weighted by atomic mass is 16.3. The third-order valence-corrected chi connectivity index (χ3v) is 8.35. The van der Waals surface area contributed by atoms with E-state index in [4.69, 9.17) is 8.83 Å². The molecule has 4 aromatic carbocycles. The monoisotopic (exact) mass is 674 g/mol. The zero-order valence-corrected chi connectivity index (χ0v) is 27.7. The zero-order chi connectivity index (χ0) is 36.0. The van der Waals surface area contributed by atoms with Crippen LogP contribution in [-0.2, 0) is 12.8 Å². The Kier molecular flexibility index (Phi) is 8.63. The average Bonchev–Trinajstić information content (AvgIpc) is 3.04. The summed E-state index contributed by atoms with van der Waals surface area (Å²) in [5.74, 6) is -1.90. The lowest BCUT2D eigenvalue weighted by Gasteiger charge is -2.18. The predicted octanol–water partition coefficient (Wildman–Crippen LogP) is 8.15. The van der Waals surface area contributed by atoms with E-state index in [9.17, 15) is 40.2 Å². The van der Waals surface area contributed by atoms with Gasteiger partial charge in [0.15, 0.2) is 16.4 Å². The summed E-state index contributed by atoms with van der Waals surface area (Å²) in [4.78, 5) is 26.9. The number of rotatable bonds is 7. The molecule has 6 rings (SSSR count). The van der Waals surface area contributed by atoms with Gasteiger partial charge in [0, 0.05) is 46.5 Å². The number of aromatic hydroxyl groups is 6. The lowest BCUT2D eigenvalue weighted by molar-refractivity contribution is 0.442. The van der Waals surface area contributed by atoms with Crippen LogP contribution in [0.25, 0.3) is 55.7 Å². The van der Waals surface area contributed by atoms with Gasteiger partial charge in [0.05, 0.1) is 5.56 Å². The molecule has 0 aliphatic rings. The Morgan fingerprint density at radius 1 is 0.620 bits per heavy atom. The number of hydrogen-bond donors (Lipinski definition) is 6. The van der Waals surface area contributed by atoms with Gasteiger partial charge in [-0.3, -0.25) is 9.59 Å². The van der Waals surface area contributed by atoms with Crippen molar-refractivity contribution in [3.05, 3.63) is 116 Å². The Balaban J connectivity index is 1.74. The molecular formula is C40H34O10. The first-order valence-electron chi connectivity index (χ1n) is 15.7. The van der Waals surface area contributed by atoms with Gasteiger partial charge >= 0.3 is 0 Å². The Morgan fingerprint density at radius 2 is 1.24 bits per heavy atom. The molecule has 10 nitrogen and oxygen atoms in total. The van der Waals surface area contributed by atoms with Crippen molar-refractivity contribution in [1.82, 2.24) is 0 Å². The van der Waals surface area contributed by atoms with E-state index in [0.717, 1.165) is 23.3 Å². The van der Waals surface area contributed by atoms with Crippen LogP contribution in [0.4, 0.5) is 0 Å². The van der Waals surface area contributed by atoms with Crippen molar-refractivity contribution in [2.24, 2.45) is 0 Å². The highest BCUT2D eigenvalue weighted by Crippen LogP contribution is 2.49. The smallest absolute Gasteiger partial charge is 0.197 e. The first-order valence-corrected chi connectivity index (χ1v) is 15.7. The van der Waals surface area contributed by atoms with Crippen molar-refractivity contribution in [1.29, 1.82) is 0 Å². The Hall–Kier alpha value is -6.42. The van der Waals surface area contributed by atoms with E-state index in [-0.39, 0.29) is 85.8 Å². The van der Waals surface area contributed by atoms with Gasteiger partial charge in [-0.05, 0) is 82.5 Å². The largest absolute Gasteiger partial charge is 0.508 e. The van der Waals surface area contributed by atoms with Gasteiger partial charge in [0.2, 0.25) is 0 Å². The molecule has 6 N–H and O–H groups in total. The fourth-order valence-electron chi connectivity index (χ4n) is 5.83. The van der Waals surface area contributed by atoms with E-state index in [0.29, 0.717) is 11.1 Å². The summed E-state index contributed by atoms with van der Waals surface area (Å²) in [6.07, 6.45) is 3.90. The predicted molar refractivity (Wildman–Crippen MR) is 191 cm³/mol. The van der Waals surface area contributed by atoms with Gasteiger partial charge in [-0.2, -0.15) is 0 Å². The first kappa shape index (κ1) is 33.5. The average molecular weight is 675 g/mol. The molecule has 0 fully saturated rings. The molecule has 0 atom stereocenters. The second kappa shape index (κ2) is 12.9. The van der Waals surface area contributed by atoms with E-state index >= 15 is 0 Å². The maximum atomic E-state index is 13.8. The van der Waals surface area contributed by atoms with Crippen LogP contribution in [0.15, 0.2) is 102 Å². The third-order valence-electron chi connectivity index (χ3n) is 8.35. The van der Waals surface area contributed by atoms with E-state index in [1.54, 1.807) is 12.1 Å². The van der Waals surface area contributed by atoms with Crippen LogP contribution < -0.4 is 10.9 Å². The molecule has 0 saturated carbocycles. The van der Waals surface area contributed by atoms with Crippen LogP contribution in [-0.4, -0.2) is 30.6 Å². The van der Waals surface area contributed by atoms with Crippen molar-refractivity contribution in [2.75, 3.05) is 0 Å². The van der Waals surface area contributed by atoms with Crippen LogP contribution in [0.3, 0.4) is 0 Å². The van der Waals surface area contributed by atoms with Crippen molar-refractivity contribution < 1.29 is 39.5 Å². The minimum absolute atomic E-state index is 0.00632. The minimum atomic E-state index is -0.618. The molecular weight excluding hydrogens is 640 g/mol. The molecule has 0 spiro atoms. The molecule has 10 heteroatoms. The second-order valence-corrected chi connectivity index (χ2v) is 12.6. The van der Waals surface area contributed by atoms with Crippen LogP contribution in [0.5, 0.6) is 34.5 Å². The number of benzene rings is 4. The van der Waals surface area contributed by atoms with Crippen molar-refractivity contribution >= 4 is 21.9 Å². The van der Waals surface area contributed by atoms with Gasteiger partial charge in [-0.15, -0.1) is 0 Å². The standard InChI is InChI=1S/C40H34O10/c1-19(2)5-7-22-13-23(32-17-29(44)35-28(43)15-25(42)16-33(35)49-32)14-27(37(22)46)34-38(47)26(12-6-20(3)4)39(48)36-30(45)18-31(50-40(34)36)21-8-10-24(41)11-9-21/h5-6,8-11,13-18,41-43,46-48H,7,12H2,1-4H3. The lowest BCUT2D eigenvalue weighted by atomic mass is 9.90. The van der Waals surface area contributed by atoms with E-state index in [2.05, 4.69) is 0 Å². The van der Waals surface area contributed by atoms with Crippen LogP contribution in [0, 0.1) is 0 Å². The van der Waals surface area contributed by atoms with Crippen LogP contribution >= 0.6 is 0 Å². The summed E-state index contributed by atoms with van der Waals surface area (Å²) in [5.41, 5.74) is 1.33. The topological polar surface area (TPSA) is 182 Å². The van der Waals surface area contributed by atoms with Crippen LogP contribution in [0.1, 0.15) is 38.8 Å². The van der Waals surface area contributed by atoms with Crippen molar-refractivity contribution in [3.8, 4) is 68.3 Å². The zero-order valence-electron chi connectivity index (χ0n) is 27.7. The van der Waals surface area contributed by atoms with Crippen molar-refractivity contribution in [2.45, 2.75) is 40.5 Å². The first-order chi connectivity index (χ1) is 23.7. The molecule has 6 aromatic rings. The molecule has 0 radical (unpaired) electrons. The van der Waals surface area contributed by atoms with Gasteiger partial charge in [-0.1, -0.05) is 23.3 Å². The molecule has 0 unspecified atom stereocenters. The quantitative estimate of drug-likeness (QED) is 0.0904. The molecule has 0 bridgehead atoms. The number of phenolic OH excluding ortho intramolecular Hbond substituents is 6. The number of phenols is 6. The SMILES string of the molecule is CC(C)=CCc1cc(-c2cc(=O)c3c(O)cc(O)cc3o2)cc(-c2c(O)c(CC=C(C)C)c(O)c3c(=O)cc(-c4ccc(O)cc4)oc23)c1O. The number of fused-ring (bicyclic) bond motifs is 2. The highest BCUT2D eigenvalue weighted by Gasteiger charge is 2.27. The molecule has 2 heterocycles. The lowest BCUT2D eigenvalue weighted by Crippen LogP contribution is -2.05. The number of hydrogen-bond acceptors (Lipinski definition) is 10. The fraction of sp³-hybridized carbons (Fsp3) is 0.150. The summed E-state index contributed by atoms with van der Waals surface area (Å²) in [6.45, 7) is 7.46. The summed E-state index contributed by atoms with van der Waals surface area (Å²) in [7, 11) is 0. The molecule has 0 aliphatic heterocycles. The van der Waals surface area contributed by atoms with Crippen molar-refractivity contribution in [3.63, 3.8) is 0 Å². The van der Waals surface area contributed by atoms with Gasteiger partial charge < -0.3 is 39.5 Å². The molecule has 50 heavy (non-hydrogen) atoms. The maximum Gasteiger partial charge on any atom is 0.197 e. The maximum absolute atomic E-state index is 13.8. The normalized spacial score (nSPS) is 11.2. The summed E-state index contributed by atoms with van der Waals surface area (Å²) in [6, 6.07) is 13.6. The summed E-state index contributed by atoms with van der Waals surface area (Å²) < 4.78 is 12.3. The third kappa shape index (κ3) is 6.14. The summed E-state index contributed by atoms with van der Waals surface area (Å²) >= 11 is 0. The van der Waals surface area contributed by atoms with Gasteiger partial charge in [0.1, 0.15) is 62.4 Å². The van der Waals surface area contributed by atoms with Gasteiger partial charge in [0.25, 0.3) is 0 Å². The Morgan fingerprint density at radius 3 is 1.90 bits per heavy atom. The Bertz CT molecular complexity index is 2510. The summed E-state index contributed by atoms with van der Waals surface area (Å²) in [5, 5.41) is 65.1. The fourth-order valence-corrected chi connectivity index (χ4v) is 5.83. The van der Waals surface area contributed by atoms with Crippen LogP contribution in [0.2, 0.25) is 0 Å². The molecule has 2 aromatic heterocycles.